The highest BCUT2D eigenvalue weighted by atomic mass is 14.7. The summed E-state index contributed by atoms with van der Waals surface area (Å²) in [7, 11) is 0. The monoisotopic (exact) mass is 185 g/mol. The lowest BCUT2D eigenvalue weighted by atomic mass is 9.78. The second-order valence-corrected chi connectivity index (χ2v) is 5.36. The van der Waals surface area contributed by atoms with Gasteiger partial charge in [-0.05, 0) is 30.1 Å². The van der Waals surface area contributed by atoms with Gasteiger partial charge in [0.1, 0.15) is 0 Å². The molecule has 0 aromatic carbocycles. The minimum Gasteiger partial charge on any atom is -0.327 e. The molecule has 0 spiro atoms. The Labute approximate surface area is 84.1 Å². The maximum Gasteiger partial charge on any atom is 0.00929 e. The molecule has 0 aliphatic carbocycles. The van der Waals surface area contributed by atoms with Gasteiger partial charge in [0.15, 0.2) is 0 Å². The summed E-state index contributed by atoms with van der Waals surface area (Å²) >= 11 is 0. The standard InChI is InChI=1S/C12H27N/c1-8(2)7-11(9(3)4)12(13)10(5)6/h8-12H,7,13H2,1-6H3. The first kappa shape index (κ1) is 13.0. The van der Waals surface area contributed by atoms with Crippen LogP contribution in [0.5, 0.6) is 0 Å². The molecule has 2 N–H and O–H groups in total. The van der Waals surface area contributed by atoms with Crippen molar-refractivity contribution in [2.24, 2.45) is 29.4 Å². The first-order valence-corrected chi connectivity index (χ1v) is 5.61. The number of rotatable bonds is 5. The van der Waals surface area contributed by atoms with Crippen molar-refractivity contribution >= 4 is 0 Å². The quantitative estimate of drug-likeness (QED) is 0.699. The zero-order chi connectivity index (χ0) is 10.6. The Morgan fingerprint density at radius 2 is 1.31 bits per heavy atom. The molecule has 0 heterocycles. The van der Waals surface area contributed by atoms with Crippen LogP contribution in [0, 0.1) is 23.7 Å². The molecule has 0 fully saturated rings. The molecule has 80 valence electrons. The number of hydrogen-bond acceptors (Lipinski definition) is 1. The molecule has 0 rings (SSSR count). The number of hydrogen-bond donors (Lipinski definition) is 1. The van der Waals surface area contributed by atoms with Gasteiger partial charge < -0.3 is 5.73 Å². The fourth-order valence-corrected chi connectivity index (χ4v) is 1.91. The molecule has 1 nitrogen and oxygen atoms in total. The molecule has 0 amide bonds. The van der Waals surface area contributed by atoms with Gasteiger partial charge in [-0.25, -0.2) is 0 Å². The molecule has 0 aromatic heterocycles. The maximum atomic E-state index is 6.21. The van der Waals surface area contributed by atoms with Gasteiger partial charge >= 0.3 is 0 Å². The summed E-state index contributed by atoms with van der Waals surface area (Å²) in [6, 6.07) is 0.363. The third kappa shape index (κ3) is 4.66. The van der Waals surface area contributed by atoms with Crippen molar-refractivity contribution in [3.8, 4) is 0 Å². The molecule has 0 aliphatic heterocycles. The van der Waals surface area contributed by atoms with Gasteiger partial charge in [-0.1, -0.05) is 41.5 Å². The van der Waals surface area contributed by atoms with Crippen LogP contribution in [-0.2, 0) is 0 Å². The summed E-state index contributed by atoms with van der Waals surface area (Å²) in [4.78, 5) is 0. The second-order valence-electron chi connectivity index (χ2n) is 5.36. The Hall–Kier alpha value is -0.0400. The van der Waals surface area contributed by atoms with Crippen LogP contribution < -0.4 is 5.73 Å². The van der Waals surface area contributed by atoms with Crippen molar-refractivity contribution in [2.45, 2.75) is 54.0 Å². The molecular formula is C12H27N. The zero-order valence-corrected chi connectivity index (χ0v) is 10.2. The Kier molecular flexibility index (Phi) is 5.62. The molecule has 13 heavy (non-hydrogen) atoms. The van der Waals surface area contributed by atoms with Gasteiger partial charge in [0.2, 0.25) is 0 Å². The lowest BCUT2D eigenvalue weighted by molar-refractivity contribution is 0.229. The summed E-state index contributed by atoms with van der Waals surface area (Å²) in [6.45, 7) is 13.6. The van der Waals surface area contributed by atoms with E-state index in [-0.39, 0.29) is 0 Å². The average molecular weight is 185 g/mol. The van der Waals surface area contributed by atoms with Crippen LogP contribution in [0.4, 0.5) is 0 Å². The smallest absolute Gasteiger partial charge is 0.00929 e. The fraction of sp³-hybridized carbons (Fsp3) is 1.00. The van der Waals surface area contributed by atoms with Crippen LogP contribution in [0.15, 0.2) is 0 Å². The van der Waals surface area contributed by atoms with Crippen molar-refractivity contribution in [1.82, 2.24) is 0 Å². The lowest BCUT2D eigenvalue weighted by Gasteiger charge is -2.31. The van der Waals surface area contributed by atoms with Crippen LogP contribution in [0.3, 0.4) is 0 Å². The third-order valence-corrected chi connectivity index (χ3v) is 2.86. The van der Waals surface area contributed by atoms with Crippen molar-refractivity contribution in [1.29, 1.82) is 0 Å². The van der Waals surface area contributed by atoms with Crippen molar-refractivity contribution < 1.29 is 0 Å². The van der Waals surface area contributed by atoms with Crippen molar-refractivity contribution in [2.75, 3.05) is 0 Å². The van der Waals surface area contributed by atoms with Gasteiger partial charge in [0, 0.05) is 6.04 Å². The molecule has 2 unspecified atom stereocenters. The Balaban J connectivity index is 4.24. The van der Waals surface area contributed by atoms with E-state index in [1.54, 1.807) is 0 Å². The van der Waals surface area contributed by atoms with Crippen LogP contribution >= 0.6 is 0 Å². The zero-order valence-electron chi connectivity index (χ0n) is 10.2. The lowest BCUT2D eigenvalue weighted by Crippen LogP contribution is -2.38. The minimum atomic E-state index is 0.363. The SMILES string of the molecule is CC(C)CC(C(C)C)C(N)C(C)C. The normalized spacial score (nSPS) is 17.1. The van der Waals surface area contributed by atoms with E-state index in [0.29, 0.717) is 23.8 Å². The predicted octanol–water partition coefficient (Wildman–Crippen LogP) is 3.29. The molecule has 2 atom stereocenters. The summed E-state index contributed by atoms with van der Waals surface area (Å²) in [5.74, 6) is 2.75. The highest BCUT2D eigenvalue weighted by molar-refractivity contribution is 4.78. The summed E-state index contributed by atoms with van der Waals surface area (Å²) in [5.41, 5.74) is 6.21. The van der Waals surface area contributed by atoms with Gasteiger partial charge in [-0.15, -0.1) is 0 Å². The largest absolute Gasteiger partial charge is 0.327 e. The Morgan fingerprint density at radius 3 is 1.54 bits per heavy atom. The van der Waals surface area contributed by atoms with Gasteiger partial charge in [-0.2, -0.15) is 0 Å². The molecule has 0 aromatic rings. The van der Waals surface area contributed by atoms with E-state index in [2.05, 4.69) is 41.5 Å². The van der Waals surface area contributed by atoms with Gasteiger partial charge in [-0.3, -0.25) is 0 Å². The van der Waals surface area contributed by atoms with E-state index in [9.17, 15) is 0 Å². The van der Waals surface area contributed by atoms with Crippen LogP contribution in [0.25, 0.3) is 0 Å². The molecule has 1 heteroatoms. The first-order chi connectivity index (χ1) is 5.86. The molecule has 0 saturated heterocycles. The molecule has 0 bridgehead atoms. The summed E-state index contributed by atoms with van der Waals surface area (Å²) < 4.78 is 0. The first-order valence-electron chi connectivity index (χ1n) is 5.61. The highest BCUT2D eigenvalue weighted by Crippen LogP contribution is 2.26. The number of nitrogens with two attached hydrogens (primary N) is 1. The molecule has 0 radical (unpaired) electrons. The van der Waals surface area contributed by atoms with E-state index < -0.39 is 0 Å². The summed E-state index contributed by atoms with van der Waals surface area (Å²) in [5, 5.41) is 0. The van der Waals surface area contributed by atoms with Crippen molar-refractivity contribution in [3.05, 3.63) is 0 Å². The van der Waals surface area contributed by atoms with E-state index >= 15 is 0 Å². The van der Waals surface area contributed by atoms with Crippen LogP contribution in [-0.4, -0.2) is 6.04 Å². The molecule has 0 saturated carbocycles. The van der Waals surface area contributed by atoms with E-state index in [1.165, 1.54) is 6.42 Å². The maximum absolute atomic E-state index is 6.21. The Morgan fingerprint density at radius 1 is 0.846 bits per heavy atom. The second kappa shape index (κ2) is 5.64. The van der Waals surface area contributed by atoms with Crippen molar-refractivity contribution in [3.63, 3.8) is 0 Å². The van der Waals surface area contributed by atoms with Crippen LogP contribution in [0.2, 0.25) is 0 Å². The molecular weight excluding hydrogens is 158 g/mol. The van der Waals surface area contributed by atoms with Gasteiger partial charge in [0.25, 0.3) is 0 Å². The highest BCUT2D eigenvalue weighted by Gasteiger charge is 2.24. The molecule has 0 aliphatic rings. The third-order valence-electron chi connectivity index (χ3n) is 2.86. The van der Waals surface area contributed by atoms with E-state index in [0.717, 1.165) is 5.92 Å². The van der Waals surface area contributed by atoms with E-state index in [4.69, 9.17) is 5.73 Å². The Bertz CT molecular complexity index is 127. The van der Waals surface area contributed by atoms with Crippen LogP contribution in [0.1, 0.15) is 48.0 Å². The van der Waals surface area contributed by atoms with Gasteiger partial charge in [0.05, 0.1) is 0 Å². The topological polar surface area (TPSA) is 26.0 Å². The predicted molar refractivity (Wildman–Crippen MR) is 60.6 cm³/mol. The minimum absolute atomic E-state index is 0.363. The average Bonchev–Trinajstić information content (AvgIpc) is 1.97. The summed E-state index contributed by atoms with van der Waals surface area (Å²) in [6.07, 6.45) is 1.26. The van der Waals surface area contributed by atoms with E-state index in [1.807, 2.05) is 0 Å². The fourth-order valence-electron chi connectivity index (χ4n) is 1.91.